The van der Waals surface area contributed by atoms with Crippen LogP contribution in [-0.2, 0) is 4.79 Å². The van der Waals surface area contributed by atoms with Crippen LogP contribution in [0.15, 0.2) is 53.7 Å². The average Bonchev–Trinajstić information content (AvgIpc) is 2.98. The van der Waals surface area contributed by atoms with Gasteiger partial charge >= 0.3 is 0 Å². The summed E-state index contributed by atoms with van der Waals surface area (Å²) >= 11 is 13.2. The Kier molecular flexibility index (Phi) is 5.47. The zero-order valence-electron chi connectivity index (χ0n) is 12.8. The number of carbonyl (C=O) groups is 1. The molecular formula is C16H13Cl2N5OS. The number of hydrogen-bond acceptors (Lipinski definition) is 5. The number of nitrogens with zero attached hydrogens (tertiary/aromatic N) is 3. The number of nitrogens with two attached hydrogens (primary N) is 1. The Morgan fingerprint density at radius 2 is 1.76 bits per heavy atom. The first-order valence-corrected chi connectivity index (χ1v) is 8.93. The van der Waals surface area contributed by atoms with Crippen molar-refractivity contribution in [1.29, 1.82) is 0 Å². The second kappa shape index (κ2) is 7.77. The maximum absolute atomic E-state index is 12.1. The zero-order chi connectivity index (χ0) is 17.8. The van der Waals surface area contributed by atoms with E-state index in [4.69, 9.17) is 29.0 Å². The largest absolute Gasteiger partial charge is 0.335 e. The van der Waals surface area contributed by atoms with Crippen LogP contribution in [0.2, 0.25) is 10.0 Å². The van der Waals surface area contributed by atoms with Crippen LogP contribution in [0.5, 0.6) is 0 Å². The van der Waals surface area contributed by atoms with Gasteiger partial charge in [-0.15, -0.1) is 10.2 Å². The number of benzene rings is 2. The molecular weight excluding hydrogens is 381 g/mol. The molecule has 128 valence electrons. The molecule has 0 saturated heterocycles. The highest BCUT2D eigenvalue weighted by atomic mass is 35.5. The van der Waals surface area contributed by atoms with E-state index >= 15 is 0 Å². The number of para-hydroxylation sites is 1. The van der Waals surface area contributed by atoms with Gasteiger partial charge in [-0.2, -0.15) is 0 Å². The Hall–Kier alpha value is -2.22. The number of halogens is 2. The Bertz CT molecular complexity index is 881. The highest BCUT2D eigenvalue weighted by molar-refractivity contribution is 7.99. The van der Waals surface area contributed by atoms with Crippen molar-refractivity contribution in [3.05, 3.63) is 58.6 Å². The minimum Gasteiger partial charge on any atom is -0.335 e. The molecule has 0 unspecified atom stereocenters. The molecule has 0 fully saturated rings. The molecule has 3 N–H and O–H groups in total. The van der Waals surface area contributed by atoms with Crippen LogP contribution in [0.4, 0.5) is 5.69 Å². The van der Waals surface area contributed by atoms with Crippen molar-refractivity contribution in [2.75, 3.05) is 16.9 Å². The lowest BCUT2D eigenvalue weighted by molar-refractivity contribution is -0.113. The summed E-state index contributed by atoms with van der Waals surface area (Å²) in [5.41, 5.74) is 1.23. The van der Waals surface area contributed by atoms with Crippen LogP contribution in [0, 0.1) is 0 Å². The fourth-order valence-electron chi connectivity index (χ4n) is 2.08. The minimum atomic E-state index is -0.274. The van der Waals surface area contributed by atoms with E-state index in [-0.39, 0.29) is 11.7 Å². The third kappa shape index (κ3) is 4.07. The van der Waals surface area contributed by atoms with Gasteiger partial charge in [0.15, 0.2) is 5.82 Å². The lowest BCUT2D eigenvalue weighted by atomic mass is 10.2. The predicted molar refractivity (Wildman–Crippen MR) is 101 cm³/mol. The van der Waals surface area contributed by atoms with Crippen LogP contribution in [-0.4, -0.2) is 26.5 Å². The van der Waals surface area contributed by atoms with Crippen molar-refractivity contribution in [3.8, 4) is 11.4 Å². The smallest absolute Gasteiger partial charge is 0.234 e. The van der Waals surface area contributed by atoms with Crippen molar-refractivity contribution in [3.63, 3.8) is 0 Å². The standard InChI is InChI=1S/C16H13Cl2N5OS/c17-11-7-4-8-12(18)14(11)20-13(24)9-25-16-22-21-15(23(16)19)10-5-2-1-3-6-10/h1-8H,9,19H2,(H,20,24). The Morgan fingerprint density at radius 1 is 1.08 bits per heavy atom. The first kappa shape index (κ1) is 17.6. The number of rotatable bonds is 5. The molecule has 0 saturated carbocycles. The summed E-state index contributed by atoms with van der Waals surface area (Å²) in [5, 5.41) is 12.0. The molecule has 0 aliphatic rings. The second-order valence-corrected chi connectivity index (χ2v) is 6.73. The molecule has 2 aromatic carbocycles. The highest BCUT2D eigenvalue weighted by Crippen LogP contribution is 2.30. The zero-order valence-corrected chi connectivity index (χ0v) is 15.1. The third-order valence-corrected chi connectivity index (χ3v) is 4.83. The quantitative estimate of drug-likeness (QED) is 0.509. The first-order valence-electron chi connectivity index (χ1n) is 7.19. The van der Waals surface area contributed by atoms with Crippen molar-refractivity contribution >= 4 is 46.6 Å². The summed E-state index contributed by atoms with van der Waals surface area (Å²) < 4.78 is 1.36. The number of carbonyl (C=O) groups excluding carboxylic acids is 1. The normalized spacial score (nSPS) is 10.6. The molecule has 6 nitrogen and oxygen atoms in total. The molecule has 0 radical (unpaired) electrons. The second-order valence-electron chi connectivity index (χ2n) is 4.98. The van der Waals surface area contributed by atoms with Gasteiger partial charge in [0.1, 0.15) is 0 Å². The van der Waals surface area contributed by atoms with Crippen LogP contribution < -0.4 is 11.2 Å². The van der Waals surface area contributed by atoms with Crippen molar-refractivity contribution in [2.45, 2.75) is 5.16 Å². The molecule has 3 rings (SSSR count). The van der Waals surface area contributed by atoms with Crippen LogP contribution in [0.25, 0.3) is 11.4 Å². The summed E-state index contributed by atoms with van der Waals surface area (Å²) in [6, 6.07) is 14.5. The van der Waals surface area contributed by atoms with Gasteiger partial charge in [0.25, 0.3) is 0 Å². The van der Waals surface area contributed by atoms with E-state index in [0.29, 0.717) is 26.7 Å². The van der Waals surface area contributed by atoms with Gasteiger partial charge in [0.05, 0.1) is 21.5 Å². The van der Waals surface area contributed by atoms with E-state index in [0.717, 1.165) is 5.56 Å². The fraction of sp³-hybridized carbons (Fsp3) is 0.0625. The number of aromatic nitrogens is 3. The monoisotopic (exact) mass is 393 g/mol. The molecule has 0 bridgehead atoms. The topological polar surface area (TPSA) is 85.8 Å². The van der Waals surface area contributed by atoms with Crippen LogP contribution in [0.3, 0.4) is 0 Å². The Labute approximate surface area is 158 Å². The number of thioether (sulfide) groups is 1. The summed E-state index contributed by atoms with van der Waals surface area (Å²) in [5.74, 6) is 6.36. The van der Waals surface area contributed by atoms with Gasteiger partial charge in [-0.05, 0) is 12.1 Å². The maximum atomic E-state index is 12.1. The van der Waals surface area contributed by atoms with Gasteiger partial charge in [-0.1, -0.05) is 71.4 Å². The molecule has 1 aromatic heterocycles. The molecule has 0 atom stereocenters. The summed E-state index contributed by atoms with van der Waals surface area (Å²) in [7, 11) is 0. The minimum absolute atomic E-state index is 0.0890. The molecule has 0 aliphatic heterocycles. The Morgan fingerprint density at radius 3 is 2.44 bits per heavy atom. The van der Waals surface area contributed by atoms with Gasteiger partial charge in [0, 0.05) is 5.56 Å². The van der Waals surface area contributed by atoms with E-state index in [2.05, 4.69) is 15.5 Å². The number of anilines is 1. The molecule has 0 aliphatic carbocycles. The summed E-state index contributed by atoms with van der Waals surface area (Å²) in [4.78, 5) is 12.1. The predicted octanol–water partition coefficient (Wildman–Crippen LogP) is 3.70. The Balaban J connectivity index is 1.66. The molecule has 1 heterocycles. The summed E-state index contributed by atoms with van der Waals surface area (Å²) in [6.07, 6.45) is 0. The van der Waals surface area contributed by atoms with Crippen molar-refractivity contribution in [1.82, 2.24) is 14.9 Å². The molecule has 0 spiro atoms. The van der Waals surface area contributed by atoms with Crippen LogP contribution in [0.1, 0.15) is 0 Å². The SMILES string of the molecule is Nn1c(SCC(=O)Nc2c(Cl)cccc2Cl)nnc1-c1ccccc1. The molecule has 25 heavy (non-hydrogen) atoms. The average molecular weight is 394 g/mol. The molecule has 1 amide bonds. The van der Waals surface area contributed by atoms with Gasteiger partial charge in [0.2, 0.25) is 11.1 Å². The van der Waals surface area contributed by atoms with Gasteiger partial charge in [-0.25, -0.2) is 4.68 Å². The van der Waals surface area contributed by atoms with E-state index < -0.39 is 0 Å². The van der Waals surface area contributed by atoms with Gasteiger partial charge < -0.3 is 11.2 Å². The van der Waals surface area contributed by atoms with E-state index in [1.807, 2.05) is 30.3 Å². The summed E-state index contributed by atoms with van der Waals surface area (Å²) in [6.45, 7) is 0. The third-order valence-electron chi connectivity index (χ3n) is 3.26. The molecule has 9 heteroatoms. The van der Waals surface area contributed by atoms with E-state index in [1.54, 1.807) is 18.2 Å². The van der Waals surface area contributed by atoms with Crippen molar-refractivity contribution < 1.29 is 4.79 Å². The van der Waals surface area contributed by atoms with E-state index in [9.17, 15) is 4.79 Å². The van der Waals surface area contributed by atoms with Crippen LogP contribution >= 0.6 is 35.0 Å². The first-order chi connectivity index (χ1) is 12.1. The lowest BCUT2D eigenvalue weighted by Crippen LogP contribution is -2.16. The van der Waals surface area contributed by atoms with Crippen molar-refractivity contribution in [2.24, 2.45) is 0 Å². The highest BCUT2D eigenvalue weighted by Gasteiger charge is 2.15. The van der Waals surface area contributed by atoms with E-state index in [1.165, 1.54) is 16.4 Å². The van der Waals surface area contributed by atoms with Gasteiger partial charge in [-0.3, -0.25) is 4.79 Å². The number of nitrogen functional groups attached to an aromatic ring is 1. The number of nitrogens with one attached hydrogen (secondary N) is 1. The number of amides is 1. The number of hydrogen-bond donors (Lipinski definition) is 2. The molecule has 3 aromatic rings. The maximum Gasteiger partial charge on any atom is 0.234 e. The lowest BCUT2D eigenvalue weighted by Gasteiger charge is -2.08. The fourth-order valence-corrected chi connectivity index (χ4v) is 3.23.